The minimum absolute atomic E-state index is 0.572. The van der Waals surface area contributed by atoms with Gasteiger partial charge in [-0.05, 0) is 20.8 Å². The van der Waals surface area contributed by atoms with Crippen LogP contribution < -0.4 is 0 Å². The molecule has 1 aliphatic rings. The average molecular weight is 278 g/mol. The zero-order valence-corrected chi connectivity index (χ0v) is 12.9. The first-order chi connectivity index (χ1) is 9.69. The maximum atomic E-state index is 5.44. The Balaban J connectivity index is 1.78. The highest BCUT2D eigenvalue weighted by Crippen LogP contribution is 2.11. The number of piperazine rings is 1. The van der Waals surface area contributed by atoms with Crippen LogP contribution in [0.5, 0.6) is 0 Å². The lowest BCUT2D eigenvalue weighted by Gasteiger charge is -2.39. The molecule has 0 unspecified atom stereocenters. The molecule has 0 radical (unpaired) electrons. The lowest BCUT2D eigenvalue weighted by molar-refractivity contribution is 0.0461. The molecule has 1 aliphatic heterocycles. The van der Waals surface area contributed by atoms with Crippen molar-refractivity contribution in [1.29, 1.82) is 0 Å². The summed E-state index contributed by atoms with van der Waals surface area (Å²) in [4.78, 5) is 13.7. The second kappa shape index (κ2) is 7.67. The van der Waals surface area contributed by atoms with Crippen LogP contribution in [0.1, 0.15) is 25.2 Å². The average Bonchev–Trinajstić information content (AvgIpc) is 2.44. The van der Waals surface area contributed by atoms with Gasteiger partial charge in [-0.2, -0.15) is 0 Å². The molecule has 1 atom stereocenters. The van der Waals surface area contributed by atoms with Crippen LogP contribution in [0, 0.1) is 6.92 Å². The summed E-state index contributed by atoms with van der Waals surface area (Å²) in [5.41, 5.74) is 2.04. The van der Waals surface area contributed by atoms with Crippen molar-refractivity contribution in [3.63, 3.8) is 0 Å². The fraction of sp³-hybridized carbons (Fsp3) is 0.733. The smallest absolute Gasteiger partial charge is 0.0727 e. The van der Waals surface area contributed by atoms with E-state index in [1.54, 1.807) is 0 Å². The fourth-order valence-corrected chi connectivity index (χ4v) is 2.60. The quantitative estimate of drug-likeness (QED) is 0.734. The largest absolute Gasteiger partial charge is 0.380 e. The number of aryl methyl sites for hydroxylation is 1. The van der Waals surface area contributed by atoms with Gasteiger partial charge in [-0.1, -0.05) is 0 Å². The summed E-state index contributed by atoms with van der Waals surface area (Å²) < 4.78 is 5.44. The van der Waals surface area contributed by atoms with Crippen molar-refractivity contribution in [1.82, 2.24) is 19.8 Å². The lowest BCUT2D eigenvalue weighted by Crippen LogP contribution is -2.52. The first-order valence-corrected chi connectivity index (χ1v) is 7.50. The molecule has 5 heteroatoms. The Labute approximate surface area is 122 Å². The van der Waals surface area contributed by atoms with E-state index in [1.807, 2.05) is 26.2 Å². The number of aromatic nitrogens is 2. The highest BCUT2D eigenvalue weighted by atomic mass is 16.5. The van der Waals surface area contributed by atoms with Gasteiger partial charge in [0.15, 0.2) is 0 Å². The molecule has 1 aromatic heterocycles. The number of nitrogens with zero attached hydrogens (tertiary/aromatic N) is 4. The van der Waals surface area contributed by atoms with Crippen molar-refractivity contribution < 1.29 is 4.74 Å². The molecular formula is C15H26N4O. The summed E-state index contributed by atoms with van der Waals surface area (Å²) in [7, 11) is 0. The second-order valence-electron chi connectivity index (χ2n) is 5.47. The van der Waals surface area contributed by atoms with Crippen molar-refractivity contribution in [3.05, 3.63) is 23.8 Å². The SMILES string of the molecule is CCOCCN1CCN(Cc2cnc(C)cn2)C[C@H]1C. The summed E-state index contributed by atoms with van der Waals surface area (Å²) in [6.07, 6.45) is 3.73. The van der Waals surface area contributed by atoms with E-state index < -0.39 is 0 Å². The summed E-state index contributed by atoms with van der Waals surface area (Å²) in [6.45, 7) is 13.2. The third-order valence-electron chi connectivity index (χ3n) is 3.80. The van der Waals surface area contributed by atoms with E-state index in [2.05, 4.69) is 26.7 Å². The van der Waals surface area contributed by atoms with Crippen LogP contribution >= 0.6 is 0 Å². The molecule has 2 heterocycles. The van der Waals surface area contributed by atoms with E-state index in [-0.39, 0.29) is 0 Å². The lowest BCUT2D eigenvalue weighted by atomic mass is 10.2. The molecule has 0 bridgehead atoms. The third kappa shape index (κ3) is 4.51. The summed E-state index contributed by atoms with van der Waals surface area (Å²) in [6, 6.07) is 0.572. The van der Waals surface area contributed by atoms with Crippen LogP contribution in [0.2, 0.25) is 0 Å². The number of ether oxygens (including phenoxy) is 1. The minimum Gasteiger partial charge on any atom is -0.380 e. The van der Waals surface area contributed by atoms with Crippen LogP contribution in [0.25, 0.3) is 0 Å². The van der Waals surface area contributed by atoms with Gasteiger partial charge in [0.2, 0.25) is 0 Å². The van der Waals surface area contributed by atoms with E-state index in [4.69, 9.17) is 4.74 Å². The molecule has 112 valence electrons. The molecule has 2 rings (SSSR count). The molecule has 0 spiro atoms. The molecule has 0 saturated carbocycles. The standard InChI is InChI=1S/C15H26N4O/c1-4-20-8-7-19-6-5-18(11-14(19)3)12-15-10-16-13(2)9-17-15/h9-10,14H,4-8,11-12H2,1-3H3/t14-/m1/s1. The van der Waals surface area contributed by atoms with Crippen molar-refractivity contribution in [2.24, 2.45) is 0 Å². The Bertz CT molecular complexity index is 395. The van der Waals surface area contributed by atoms with E-state index in [0.717, 1.165) is 57.3 Å². The van der Waals surface area contributed by atoms with Crippen LogP contribution in [0.4, 0.5) is 0 Å². The molecule has 5 nitrogen and oxygen atoms in total. The van der Waals surface area contributed by atoms with Gasteiger partial charge in [-0.25, -0.2) is 0 Å². The molecule has 1 aromatic rings. The van der Waals surface area contributed by atoms with Gasteiger partial charge >= 0.3 is 0 Å². The Morgan fingerprint density at radius 3 is 2.80 bits per heavy atom. The maximum Gasteiger partial charge on any atom is 0.0727 e. The molecular weight excluding hydrogens is 252 g/mol. The number of hydrogen-bond acceptors (Lipinski definition) is 5. The van der Waals surface area contributed by atoms with E-state index in [9.17, 15) is 0 Å². The molecule has 0 aliphatic carbocycles. The molecule has 0 aromatic carbocycles. The Morgan fingerprint density at radius 2 is 2.15 bits per heavy atom. The third-order valence-corrected chi connectivity index (χ3v) is 3.80. The van der Waals surface area contributed by atoms with Gasteiger partial charge in [0.05, 0.1) is 18.0 Å². The molecule has 0 N–H and O–H groups in total. The highest BCUT2D eigenvalue weighted by Gasteiger charge is 2.23. The first-order valence-electron chi connectivity index (χ1n) is 7.50. The predicted octanol–water partition coefficient (Wildman–Crippen LogP) is 1.33. The normalized spacial score (nSPS) is 21.2. The summed E-state index contributed by atoms with van der Waals surface area (Å²) in [5, 5.41) is 0. The van der Waals surface area contributed by atoms with Crippen LogP contribution in [0.15, 0.2) is 12.4 Å². The van der Waals surface area contributed by atoms with Crippen LogP contribution in [-0.4, -0.2) is 65.2 Å². The van der Waals surface area contributed by atoms with Crippen molar-refractivity contribution in [3.8, 4) is 0 Å². The monoisotopic (exact) mass is 278 g/mol. The van der Waals surface area contributed by atoms with E-state index >= 15 is 0 Å². The second-order valence-corrected chi connectivity index (χ2v) is 5.47. The zero-order valence-electron chi connectivity index (χ0n) is 12.9. The Kier molecular flexibility index (Phi) is 5.88. The zero-order chi connectivity index (χ0) is 14.4. The van der Waals surface area contributed by atoms with Crippen molar-refractivity contribution >= 4 is 0 Å². The van der Waals surface area contributed by atoms with Gasteiger partial charge in [-0.15, -0.1) is 0 Å². The Morgan fingerprint density at radius 1 is 1.30 bits per heavy atom. The van der Waals surface area contributed by atoms with Crippen molar-refractivity contribution in [2.45, 2.75) is 33.4 Å². The van der Waals surface area contributed by atoms with Crippen LogP contribution in [0.3, 0.4) is 0 Å². The summed E-state index contributed by atoms with van der Waals surface area (Å²) in [5.74, 6) is 0. The number of hydrogen-bond donors (Lipinski definition) is 0. The fourth-order valence-electron chi connectivity index (χ4n) is 2.60. The van der Waals surface area contributed by atoms with Gasteiger partial charge in [-0.3, -0.25) is 19.8 Å². The van der Waals surface area contributed by atoms with Gasteiger partial charge in [0.25, 0.3) is 0 Å². The molecule has 20 heavy (non-hydrogen) atoms. The highest BCUT2D eigenvalue weighted by molar-refractivity contribution is 5.01. The van der Waals surface area contributed by atoms with Gasteiger partial charge in [0.1, 0.15) is 0 Å². The molecule has 1 fully saturated rings. The van der Waals surface area contributed by atoms with Gasteiger partial charge in [0, 0.05) is 57.8 Å². The van der Waals surface area contributed by atoms with Crippen molar-refractivity contribution in [2.75, 3.05) is 39.4 Å². The maximum absolute atomic E-state index is 5.44. The molecule has 1 saturated heterocycles. The van der Waals surface area contributed by atoms with E-state index in [0.29, 0.717) is 6.04 Å². The minimum atomic E-state index is 0.572. The number of rotatable bonds is 6. The van der Waals surface area contributed by atoms with Gasteiger partial charge < -0.3 is 4.74 Å². The Hall–Kier alpha value is -1.04. The topological polar surface area (TPSA) is 41.5 Å². The van der Waals surface area contributed by atoms with E-state index in [1.165, 1.54) is 0 Å². The first kappa shape index (κ1) is 15.4. The van der Waals surface area contributed by atoms with Crippen LogP contribution in [-0.2, 0) is 11.3 Å². The summed E-state index contributed by atoms with van der Waals surface area (Å²) >= 11 is 0. The predicted molar refractivity (Wildman–Crippen MR) is 79.6 cm³/mol. The molecule has 0 amide bonds.